The van der Waals surface area contributed by atoms with Gasteiger partial charge in [-0.2, -0.15) is 0 Å². The number of aromatic amines is 1. The number of nitrogens with one attached hydrogen (secondary N) is 2. The SMILES string of the molecule is Cc1cccc(-c2ncc(-c3ccnc(Nc4cccc(OCCCN5CCOCC5)c4)n3)[nH]2)c1. The number of aryl methyl sites for hydroxylation is 1. The Morgan fingerprint density at radius 1 is 1.06 bits per heavy atom. The van der Waals surface area contributed by atoms with E-state index in [0.717, 1.165) is 73.5 Å². The molecule has 1 fully saturated rings. The Hall–Kier alpha value is -3.75. The van der Waals surface area contributed by atoms with Gasteiger partial charge in [0.25, 0.3) is 0 Å². The molecule has 0 aliphatic carbocycles. The molecule has 0 spiro atoms. The molecule has 0 saturated carbocycles. The summed E-state index contributed by atoms with van der Waals surface area (Å²) in [6.07, 6.45) is 4.52. The Balaban J connectivity index is 1.20. The van der Waals surface area contributed by atoms with E-state index in [1.807, 2.05) is 42.5 Å². The highest BCUT2D eigenvalue weighted by Gasteiger charge is 2.10. The molecule has 8 heteroatoms. The molecule has 8 nitrogen and oxygen atoms in total. The number of anilines is 2. The van der Waals surface area contributed by atoms with Crippen molar-refractivity contribution in [3.05, 3.63) is 72.6 Å². The van der Waals surface area contributed by atoms with Crippen molar-refractivity contribution in [2.75, 3.05) is 44.8 Å². The normalized spacial score (nSPS) is 14.1. The summed E-state index contributed by atoms with van der Waals surface area (Å²) in [5, 5.41) is 3.28. The number of ether oxygens (including phenoxy) is 2. The van der Waals surface area contributed by atoms with Gasteiger partial charge in [-0.3, -0.25) is 4.90 Å². The first kappa shape index (κ1) is 23.0. The summed E-state index contributed by atoms with van der Waals surface area (Å²) in [7, 11) is 0. The number of hydrogen-bond donors (Lipinski definition) is 2. The maximum atomic E-state index is 5.97. The number of hydrogen-bond acceptors (Lipinski definition) is 7. The molecule has 0 atom stereocenters. The molecule has 2 aromatic heterocycles. The van der Waals surface area contributed by atoms with Crippen LogP contribution in [0.4, 0.5) is 11.6 Å². The van der Waals surface area contributed by atoms with Gasteiger partial charge >= 0.3 is 0 Å². The maximum absolute atomic E-state index is 5.97. The van der Waals surface area contributed by atoms with Crippen LogP contribution >= 0.6 is 0 Å². The number of morpholine rings is 1. The maximum Gasteiger partial charge on any atom is 0.227 e. The monoisotopic (exact) mass is 470 g/mol. The van der Waals surface area contributed by atoms with E-state index < -0.39 is 0 Å². The van der Waals surface area contributed by atoms with E-state index in [9.17, 15) is 0 Å². The van der Waals surface area contributed by atoms with Crippen LogP contribution in [0.1, 0.15) is 12.0 Å². The molecule has 1 aliphatic heterocycles. The molecule has 5 rings (SSSR count). The van der Waals surface area contributed by atoms with E-state index >= 15 is 0 Å². The van der Waals surface area contributed by atoms with Gasteiger partial charge in [-0.15, -0.1) is 0 Å². The minimum absolute atomic E-state index is 0.513. The standard InChI is InChI=1S/C27H30N6O2/c1-20-5-2-6-21(17-20)26-29-19-25(31-26)24-9-10-28-27(32-24)30-22-7-3-8-23(18-22)35-14-4-11-33-12-15-34-16-13-33/h2-3,5-10,17-19H,4,11-16H2,1H3,(H,29,31)(H,28,30,32). The van der Waals surface area contributed by atoms with Crippen LogP contribution in [0.5, 0.6) is 5.75 Å². The lowest BCUT2D eigenvalue weighted by Gasteiger charge is -2.26. The van der Waals surface area contributed by atoms with Gasteiger partial charge in [0.2, 0.25) is 5.95 Å². The third-order valence-electron chi connectivity index (χ3n) is 5.88. The van der Waals surface area contributed by atoms with Crippen molar-refractivity contribution < 1.29 is 9.47 Å². The summed E-state index contributed by atoms with van der Waals surface area (Å²) in [6, 6.07) is 18.0. The Morgan fingerprint density at radius 3 is 2.83 bits per heavy atom. The lowest BCUT2D eigenvalue weighted by Crippen LogP contribution is -2.37. The van der Waals surface area contributed by atoms with Crippen molar-refractivity contribution in [1.82, 2.24) is 24.8 Å². The third-order valence-corrected chi connectivity index (χ3v) is 5.88. The Labute approximate surface area is 205 Å². The summed E-state index contributed by atoms with van der Waals surface area (Å²) < 4.78 is 11.4. The fourth-order valence-corrected chi connectivity index (χ4v) is 4.06. The molecule has 0 amide bonds. The molecule has 4 aromatic rings. The average molecular weight is 471 g/mol. The molecule has 0 bridgehead atoms. The quantitative estimate of drug-likeness (QED) is 0.343. The topological polar surface area (TPSA) is 88.2 Å². The Kier molecular flexibility index (Phi) is 7.31. The van der Waals surface area contributed by atoms with Crippen LogP contribution in [0.3, 0.4) is 0 Å². The van der Waals surface area contributed by atoms with Crippen LogP contribution in [-0.2, 0) is 4.74 Å². The van der Waals surface area contributed by atoms with Crippen LogP contribution in [0.2, 0.25) is 0 Å². The van der Waals surface area contributed by atoms with Crippen molar-refractivity contribution in [2.45, 2.75) is 13.3 Å². The van der Waals surface area contributed by atoms with Crippen LogP contribution in [0.15, 0.2) is 67.0 Å². The fourth-order valence-electron chi connectivity index (χ4n) is 4.06. The lowest BCUT2D eigenvalue weighted by atomic mass is 10.1. The van der Waals surface area contributed by atoms with Gasteiger partial charge < -0.3 is 19.8 Å². The van der Waals surface area contributed by atoms with Crippen molar-refractivity contribution >= 4 is 11.6 Å². The molecule has 2 aromatic carbocycles. The zero-order chi connectivity index (χ0) is 23.9. The number of rotatable bonds is 9. The zero-order valence-electron chi connectivity index (χ0n) is 19.9. The molecule has 180 valence electrons. The number of benzene rings is 2. The summed E-state index contributed by atoms with van der Waals surface area (Å²) >= 11 is 0. The third kappa shape index (κ3) is 6.23. The second kappa shape index (κ2) is 11.1. The first-order valence-electron chi connectivity index (χ1n) is 12.0. The smallest absolute Gasteiger partial charge is 0.227 e. The summed E-state index contributed by atoms with van der Waals surface area (Å²) in [5.41, 5.74) is 4.72. The van der Waals surface area contributed by atoms with E-state index in [4.69, 9.17) is 9.47 Å². The number of aromatic nitrogens is 4. The van der Waals surface area contributed by atoms with E-state index in [0.29, 0.717) is 12.6 Å². The molecule has 1 aliphatic rings. The molecule has 3 heterocycles. The Morgan fingerprint density at radius 2 is 1.94 bits per heavy atom. The second-order valence-electron chi connectivity index (χ2n) is 8.59. The predicted octanol–water partition coefficient (Wildman–Crippen LogP) is 4.69. The zero-order valence-corrected chi connectivity index (χ0v) is 19.9. The summed E-state index contributed by atoms with van der Waals surface area (Å²) in [6.45, 7) is 7.44. The summed E-state index contributed by atoms with van der Waals surface area (Å²) in [4.78, 5) is 19.4. The minimum Gasteiger partial charge on any atom is -0.493 e. The average Bonchev–Trinajstić information content (AvgIpc) is 3.38. The van der Waals surface area contributed by atoms with Gasteiger partial charge in [0.1, 0.15) is 11.6 Å². The van der Waals surface area contributed by atoms with Crippen LogP contribution in [0.25, 0.3) is 22.8 Å². The van der Waals surface area contributed by atoms with Gasteiger partial charge in [-0.25, -0.2) is 15.0 Å². The van der Waals surface area contributed by atoms with Gasteiger partial charge in [-0.1, -0.05) is 29.8 Å². The highest BCUT2D eigenvalue weighted by molar-refractivity contribution is 5.64. The van der Waals surface area contributed by atoms with Gasteiger partial charge in [0, 0.05) is 43.1 Å². The van der Waals surface area contributed by atoms with Crippen LogP contribution < -0.4 is 10.1 Å². The first-order chi connectivity index (χ1) is 17.2. The Bertz CT molecular complexity index is 1250. The molecule has 35 heavy (non-hydrogen) atoms. The summed E-state index contributed by atoms with van der Waals surface area (Å²) in [5.74, 6) is 2.15. The minimum atomic E-state index is 0.513. The molecular weight excluding hydrogens is 440 g/mol. The van der Waals surface area contributed by atoms with Crippen molar-refractivity contribution in [1.29, 1.82) is 0 Å². The van der Waals surface area contributed by atoms with E-state index in [1.54, 1.807) is 12.4 Å². The number of nitrogens with zero attached hydrogens (tertiary/aromatic N) is 4. The van der Waals surface area contributed by atoms with Crippen LogP contribution in [0, 0.1) is 6.92 Å². The van der Waals surface area contributed by atoms with Gasteiger partial charge in [-0.05, 0) is 37.6 Å². The molecule has 1 saturated heterocycles. The highest BCUT2D eigenvalue weighted by atomic mass is 16.5. The molecule has 0 radical (unpaired) electrons. The van der Waals surface area contributed by atoms with Gasteiger partial charge in [0.15, 0.2) is 0 Å². The molecular formula is C27H30N6O2. The van der Waals surface area contributed by atoms with E-state index in [2.05, 4.69) is 49.2 Å². The fraction of sp³-hybridized carbons (Fsp3) is 0.296. The highest BCUT2D eigenvalue weighted by Crippen LogP contribution is 2.24. The van der Waals surface area contributed by atoms with E-state index in [-0.39, 0.29) is 0 Å². The first-order valence-corrected chi connectivity index (χ1v) is 12.0. The second-order valence-corrected chi connectivity index (χ2v) is 8.59. The van der Waals surface area contributed by atoms with Gasteiger partial charge in [0.05, 0.1) is 37.4 Å². The molecule has 0 unspecified atom stereocenters. The van der Waals surface area contributed by atoms with Crippen molar-refractivity contribution in [3.8, 4) is 28.5 Å². The van der Waals surface area contributed by atoms with Crippen LogP contribution in [-0.4, -0.2) is 64.3 Å². The largest absolute Gasteiger partial charge is 0.493 e. The molecule has 2 N–H and O–H groups in total. The van der Waals surface area contributed by atoms with Crippen molar-refractivity contribution in [2.24, 2.45) is 0 Å². The lowest BCUT2D eigenvalue weighted by molar-refractivity contribution is 0.0358. The van der Waals surface area contributed by atoms with Crippen molar-refractivity contribution in [3.63, 3.8) is 0 Å². The van der Waals surface area contributed by atoms with E-state index in [1.165, 1.54) is 5.56 Å². The number of imidazole rings is 1. The predicted molar refractivity (Wildman–Crippen MR) is 137 cm³/mol. The number of H-pyrrole nitrogens is 1.